The Bertz CT molecular complexity index is 1200. The molecule has 0 aromatic heterocycles. The number of hydrogen-bond donors (Lipinski definition) is 0. The summed E-state index contributed by atoms with van der Waals surface area (Å²) in [4.78, 5) is 12.8. The first-order valence-electron chi connectivity index (χ1n) is 14.3. The van der Waals surface area contributed by atoms with Gasteiger partial charge in [-0.1, -0.05) is 76.6 Å². The number of ether oxygens (including phenoxy) is 3. The lowest BCUT2D eigenvalue weighted by Gasteiger charge is -2.16. The van der Waals surface area contributed by atoms with Gasteiger partial charge in [0.25, 0.3) is 0 Å². The van der Waals surface area contributed by atoms with Crippen LogP contribution in [0.15, 0.2) is 66.7 Å². The molecule has 0 N–H and O–H groups in total. The summed E-state index contributed by atoms with van der Waals surface area (Å²) in [6.07, 6.45) is 10.4. The number of nitriles is 1. The Morgan fingerprint density at radius 1 is 0.795 bits per heavy atom. The minimum Gasteiger partial charge on any atom is -0.494 e. The largest absolute Gasteiger partial charge is 0.494 e. The second-order valence-corrected chi connectivity index (χ2v) is 9.95. The van der Waals surface area contributed by atoms with E-state index in [1.165, 1.54) is 44.6 Å². The van der Waals surface area contributed by atoms with E-state index in [2.05, 4.69) is 19.9 Å². The fraction of sp³-hybridized carbons (Fsp3) is 0.412. The van der Waals surface area contributed by atoms with Gasteiger partial charge < -0.3 is 14.2 Å². The molecule has 0 aliphatic heterocycles. The number of esters is 1. The Morgan fingerprint density at radius 2 is 1.41 bits per heavy atom. The maximum atomic E-state index is 12.8. The van der Waals surface area contributed by atoms with E-state index in [-0.39, 0.29) is 6.10 Å². The van der Waals surface area contributed by atoms with Gasteiger partial charge in [0.1, 0.15) is 23.3 Å². The third kappa shape index (κ3) is 9.80. The minimum atomic E-state index is -0.515. The number of carbonyl (C=O) groups is 1. The average molecular weight is 528 g/mol. The smallest absolute Gasteiger partial charge is 0.343 e. The summed E-state index contributed by atoms with van der Waals surface area (Å²) in [7, 11) is 0. The van der Waals surface area contributed by atoms with Crippen molar-refractivity contribution in [2.75, 3.05) is 6.61 Å². The van der Waals surface area contributed by atoms with Gasteiger partial charge in [-0.05, 0) is 79.8 Å². The maximum absolute atomic E-state index is 12.8. The molecule has 0 saturated carbocycles. The number of rotatable bonds is 16. The molecule has 0 aliphatic carbocycles. The molecule has 1 atom stereocenters. The van der Waals surface area contributed by atoms with Crippen LogP contribution in [0.4, 0.5) is 0 Å². The lowest BCUT2D eigenvalue weighted by atomic mass is 10.1. The topological polar surface area (TPSA) is 68.6 Å². The number of unbranched alkanes of at least 4 members (excludes halogenated alkanes) is 6. The van der Waals surface area contributed by atoms with E-state index in [0.29, 0.717) is 22.6 Å². The summed E-state index contributed by atoms with van der Waals surface area (Å²) in [5, 5.41) is 9.61. The van der Waals surface area contributed by atoms with Gasteiger partial charge in [-0.15, -0.1) is 0 Å². The molecule has 0 fully saturated rings. The first-order valence-corrected chi connectivity index (χ1v) is 14.3. The van der Waals surface area contributed by atoms with Crippen LogP contribution in [0.1, 0.15) is 94.5 Å². The standard InChI is InChI=1S/C34H41NO4/c1-4-6-8-10-12-26(3)38-33-22-17-29(24-30(33)25-35)34(36)39-32-20-15-28(16-21-32)27-13-18-31(19-14-27)37-23-11-9-7-5-2/h13-22,24,26H,4-12,23H2,1-3H3. The molecule has 0 amide bonds. The molecule has 39 heavy (non-hydrogen) atoms. The monoisotopic (exact) mass is 527 g/mol. The van der Waals surface area contributed by atoms with Crippen LogP contribution < -0.4 is 14.2 Å². The average Bonchev–Trinajstić information content (AvgIpc) is 2.96. The van der Waals surface area contributed by atoms with Crippen molar-refractivity contribution in [3.05, 3.63) is 77.9 Å². The van der Waals surface area contributed by atoms with Crippen molar-refractivity contribution in [1.82, 2.24) is 0 Å². The summed E-state index contributed by atoms with van der Waals surface area (Å²) in [5.41, 5.74) is 2.71. The molecule has 0 saturated heterocycles. The van der Waals surface area contributed by atoms with E-state index in [1.54, 1.807) is 24.3 Å². The van der Waals surface area contributed by atoms with Crippen LogP contribution >= 0.6 is 0 Å². The van der Waals surface area contributed by atoms with Crippen LogP contribution in [0.5, 0.6) is 17.2 Å². The molecule has 0 bridgehead atoms. The second kappa shape index (κ2) is 16.2. The van der Waals surface area contributed by atoms with Gasteiger partial charge >= 0.3 is 5.97 Å². The molecule has 206 valence electrons. The molecule has 5 heteroatoms. The lowest BCUT2D eigenvalue weighted by Crippen LogP contribution is -2.13. The molecule has 5 nitrogen and oxygen atoms in total. The van der Waals surface area contributed by atoms with E-state index >= 15 is 0 Å². The van der Waals surface area contributed by atoms with Gasteiger partial charge in [0, 0.05) is 0 Å². The van der Waals surface area contributed by atoms with Crippen molar-refractivity contribution in [2.45, 2.75) is 84.7 Å². The first kappa shape index (κ1) is 29.8. The summed E-state index contributed by atoms with van der Waals surface area (Å²) in [6.45, 7) is 7.14. The first-order chi connectivity index (χ1) is 19.0. The van der Waals surface area contributed by atoms with Gasteiger partial charge in [0.15, 0.2) is 0 Å². The highest BCUT2D eigenvalue weighted by Crippen LogP contribution is 2.26. The Balaban J connectivity index is 1.54. The molecule has 3 aromatic carbocycles. The quantitative estimate of drug-likeness (QED) is 0.106. The van der Waals surface area contributed by atoms with Crippen molar-refractivity contribution in [3.8, 4) is 34.4 Å². The van der Waals surface area contributed by atoms with Gasteiger partial charge in [-0.25, -0.2) is 4.79 Å². The van der Waals surface area contributed by atoms with Crippen LogP contribution in [0.3, 0.4) is 0 Å². The van der Waals surface area contributed by atoms with Crippen molar-refractivity contribution >= 4 is 5.97 Å². The molecule has 3 rings (SSSR count). The predicted octanol–water partition coefficient (Wildman–Crippen LogP) is 9.14. The Kier molecular flexibility index (Phi) is 12.4. The Morgan fingerprint density at radius 3 is 2.03 bits per heavy atom. The van der Waals surface area contributed by atoms with Crippen LogP contribution in [-0.4, -0.2) is 18.7 Å². The molecule has 0 spiro atoms. The van der Waals surface area contributed by atoms with E-state index in [9.17, 15) is 10.1 Å². The van der Waals surface area contributed by atoms with E-state index in [1.807, 2.05) is 43.3 Å². The lowest BCUT2D eigenvalue weighted by molar-refractivity contribution is 0.0734. The number of carbonyl (C=O) groups excluding carboxylic acids is 1. The summed E-state index contributed by atoms with van der Waals surface area (Å²) < 4.78 is 17.4. The van der Waals surface area contributed by atoms with Crippen molar-refractivity contribution in [3.63, 3.8) is 0 Å². The second-order valence-electron chi connectivity index (χ2n) is 9.95. The van der Waals surface area contributed by atoms with Crippen molar-refractivity contribution < 1.29 is 19.0 Å². The van der Waals surface area contributed by atoms with E-state index < -0.39 is 5.97 Å². The summed E-state index contributed by atoms with van der Waals surface area (Å²) in [6, 6.07) is 22.4. The van der Waals surface area contributed by atoms with Crippen molar-refractivity contribution in [2.24, 2.45) is 0 Å². The van der Waals surface area contributed by atoms with Crippen molar-refractivity contribution in [1.29, 1.82) is 5.26 Å². The molecule has 0 radical (unpaired) electrons. The van der Waals surface area contributed by atoms with Crippen LogP contribution in [0.25, 0.3) is 11.1 Å². The molecule has 0 aliphatic rings. The number of benzene rings is 3. The van der Waals surface area contributed by atoms with Gasteiger partial charge in [0.05, 0.1) is 23.8 Å². The van der Waals surface area contributed by atoms with Crippen LogP contribution in [0.2, 0.25) is 0 Å². The molecular weight excluding hydrogens is 486 g/mol. The summed E-state index contributed by atoms with van der Waals surface area (Å²) >= 11 is 0. The zero-order chi connectivity index (χ0) is 27.9. The zero-order valence-corrected chi connectivity index (χ0v) is 23.6. The van der Waals surface area contributed by atoms with Crippen LogP contribution in [0, 0.1) is 11.3 Å². The minimum absolute atomic E-state index is 0.00421. The number of nitrogens with zero attached hydrogens (tertiary/aromatic N) is 1. The van der Waals surface area contributed by atoms with Gasteiger partial charge in [-0.3, -0.25) is 0 Å². The van der Waals surface area contributed by atoms with E-state index in [0.717, 1.165) is 42.7 Å². The normalized spacial score (nSPS) is 11.4. The fourth-order valence-corrected chi connectivity index (χ4v) is 4.33. The SMILES string of the molecule is CCCCCCOc1ccc(-c2ccc(OC(=O)c3ccc(OC(C)CCCCCC)c(C#N)c3)cc2)cc1. The Labute approximate surface area is 233 Å². The number of hydrogen-bond acceptors (Lipinski definition) is 5. The molecule has 0 heterocycles. The predicted molar refractivity (Wildman–Crippen MR) is 156 cm³/mol. The zero-order valence-electron chi connectivity index (χ0n) is 23.6. The molecule has 3 aromatic rings. The highest BCUT2D eigenvalue weighted by atomic mass is 16.5. The highest BCUT2D eigenvalue weighted by Gasteiger charge is 2.15. The third-order valence-electron chi connectivity index (χ3n) is 6.65. The van der Waals surface area contributed by atoms with Gasteiger partial charge in [0.2, 0.25) is 0 Å². The van der Waals surface area contributed by atoms with Crippen LogP contribution in [-0.2, 0) is 0 Å². The summed E-state index contributed by atoms with van der Waals surface area (Å²) in [5.74, 6) is 1.29. The Hall–Kier alpha value is -3.78. The van der Waals surface area contributed by atoms with E-state index in [4.69, 9.17) is 14.2 Å². The fourth-order valence-electron chi connectivity index (χ4n) is 4.33. The molecular formula is C34H41NO4. The highest BCUT2D eigenvalue weighted by molar-refractivity contribution is 5.91. The third-order valence-corrected chi connectivity index (χ3v) is 6.65. The molecule has 1 unspecified atom stereocenters. The maximum Gasteiger partial charge on any atom is 0.343 e. The van der Waals surface area contributed by atoms with Gasteiger partial charge in [-0.2, -0.15) is 5.26 Å².